The first kappa shape index (κ1) is 13.4. The smallest absolute Gasteiger partial charge is 0.138 e. The third-order valence-corrected chi connectivity index (χ3v) is 3.92. The van der Waals surface area contributed by atoms with E-state index in [0.717, 1.165) is 47.7 Å². The maximum Gasteiger partial charge on any atom is 0.138 e. The zero-order valence-electron chi connectivity index (χ0n) is 12.0. The van der Waals surface area contributed by atoms with Gasteiger partial charge in [0.15, 0.2) is 0 Å². The SMILES string of the molecule is Fc1ccc(-c2nc3cc(C4CNCCO4)ccc3[nH]2)cc1. The molecule has 0 bridgehead atoms. The number of ether oxygens (including phenoxy) is 1. The summed E-state index contributed by atoms with van der Waals surface area (Å²) in [5.41, 5.74) is 3.85. The number of rotatable bonds is 2. The lowest BCUT2D eigenvalue weighted by molar-refractivity contribution is 0.0278. The molecule has 0 spiro atoms. The van der Waals surface area contributed by atoms with E-state index in [1.54, 1.807) is 12.1 Å². The van der Waals surface area contributed by atoms with Gasteiger partial charge in [0, 0.05) is 18.7 Å². The highest BCUT2D eigenvalue weighted by atomic mass is 19.1. The van der Waals surface area contributed by atoms with Gasteiger partial charge in [-0.25, -0.2) is 9.37 Å². The number of benzene rings is 2. The van der Waals surface area contributed by atoms with E-state index < -0.39 is 0 Å². The summed E-state index contributed by atoms with van der Waals surface area (Å²) in [4.78, 5) is 7.89. The average Bonchev–Trinajstić information content (AvgIpc) is 2.99. The fourth-order valence-electron chi connectivity index (χ4n) is 2.75. The molecule has 2 heterocycles. The van der Waals surface area contributed by atoms with Crippen molar-refractivity contribution in [2.75, 3.05) is 19.7 Å². The molecule has 2 aromatic carbocycles. The zero-order valence-corrected chi connectivity index (χ0v) is 12.0. The predicted molar refractivity (Wildman–Crippen MR) is 83.1 cm³/mol. The number of halogens is 1. The standard InChI is InChI=1S/C17H16FN3O/c18-13-4-1-11(2-5-13)17-20-14-6-3-12(9-15(14)21-17)16-10-19-7-8-22-16/h1-6,9,16,19H,7-8,10H2,(H,20,21). The molecular weight excluding hydrogens is 281 g/mol. The summed E-state index contributed by atoms with van der Waals surface area (Å²) in [7, 11) is 0. The Morgan fingerprint density at radius 1 is 1.14 bits per heavy atom. The first-order valence-electron chi connectivity index (χ1n) is 7.37. The summed E-state index contributed by atoms with van der Waals surface area (Å²) in [6.45, 7) is 2.45. The van der Waals surface area contributed by atoms with Gasteiger partial charge in [0.1, 0.15) is 11.6 Å². The van der Waals surface area contributed by atoms with Crippen LogP contribution in [0.1, 0.15) is 11.7 Å². The molecule has 1 aliphatic heterocycles. The Morgan fingerprint density at radius 2 is 2.00 bits per heavy atom. The molecule has 1 aromatic heterocycles. The van der Waals surface area contributed by atoms with Crippen LogP contribution >= 0.6 is 0 Å². The van der Waals surface area contributed by atoms with Gasteiger partial charge in [-0.1, -0.05) is 6.07 Å². The normalized spacial score (nSPS) is 18.7. The Labute approximate surface area is 127 Å². The molecule has 22 heavy (non-hydrogen) atoms. The highest BCUT2D eigenvalue weighted by molar-refractivity contribution is 5.80. The Bertz CT molecular complexity index is 791. The van der Waals surface area contributed by atoms with E-state index in [1.165, 1.54) is 12.1 Å². The van der Waals surface area contributed by atoms with E-state index in [0.29, 0.717) is 0 Å². The average molecular weight is 297 g/mol. The monoisotopic (exact) mass is 297 g/mol. The van der Waals surface area contributed by atoms with Crippen molar-refractivity contribution in [3.05, 3.63) is 53.8 Å². The van der Waals surface area contributed by atoms with Gasteiger partial charge in [-0.3, -0.25) is 0 Å². The van der Waals surface area contributed by atoms with E-state index in [2.05, 4.69) is 27.4 Å². The molecule has 112 valence electrons. The summed E-state index contributed by atoms with van der Waals surface area (Å²) >= 11 is 0. The number of nitrogens with one attached hydrogen (secondary N) is 2. The number of morpholine rings is 1. The lowest BCUT2D eigenvalue weighted by Gasteiger charge is -2.23. The lowest BCUT2D eigenvalue weighted by atomic mass is 10.1. The lowest BCUT2D eigenvalue weighted by Crippen LogP contribution is -2.33. The fourth-order valence-corrected chi connectivity index (χ4v) is 2.75. The van der Waals surface area contributed by atoms with Crippen LogP contribution in [-0.2, 0) is 4.74 Å². The molecule has 0 saturated carbocycles. The van der Waals surface area contributed by atoms with Crippen molar-refractivity contribution in [2.45, 2.75) is 6.10 Å². The maximum atomic E-state index is 13.0. The molecular formula is C17H16FN3O. The van der Waals surface area contributed by atoms with Crippen molar-refractivity contribution in [3.63, 3.8) is 0 Å². The zero-order chi connectivity index (χ0) is 14.9. The minimum Gasteiger partial charge on any atom is -0.371 e. The third kappa shape index (κ3) is 2.49. The number of aromatic nitrogens is 2. The predicted octanol–water partition coefficient (Wildman–Crippen LogP) is 3.03. The van der Waals surface area contributed by atoms with Crippen molar-refractivity contribution in [2.24, 2.45) is 0 Å². The molecule has 1 unspecified atom stereocenters. The second-order valence-electron chi connectivity index (χ2n) is 5.43. The molecule has 0 aliphatic carbocycles. The van der Waals surface area contributed by atoms with Crippen molar-refractivity contribution >= 4 is 11.0 Å². The number of hydrogen-bond acceptors (Lipinski definition) is 3. The molecule has 2 N–H and O–H groups in total. The second kappa shape index (κ2) is 5.51. The first-order chi connectivity index (χ1) is 10.8. The molecule has 1 fully saturated rings. The summed E-state index contributed by atoms with van der Waals surface area (Å²) in [5.74, 6) is 0.499. The summed E-state index contributed by atoms with van der Waals surface area (Å²) < 4.78 is 18.8. The molecule has 1 atom stereocenters. The fraction of sp³-hybridized carbons (Fsp3) is 0.235. The van der Waals surface area contributed by atoms with Crippen LogP contribution in [0.3, 0.4) is 0 Å². The van der Waals surface area contributed by atoms with E-state index >= 15 is 0 Å². The van der Waals surface area contributed by atoms with E-state index in [4.69, 9.17) is 4.74 Å². The summed E-state index contributed by atoms with van der Waals surface area (Å²) in [6.07, 6.45) is 0.0733. The quantitative estimate of drug-likeness (QED) is 0.764. The van der Waals surface area contributed by atoms with E-state index in [1.807, 2.05) is 6.07 Å². The van der Waals surface area contributed by atoms with Gasteiger partial charge in [0.05, 0.1) is 23.7 Å². The van der Waals surface area contributed by atoms with E-state index in [-0.39, 0.29) is 11.9 Å². The molecule has 1 aliphatic rings. The Hall–Kier alpha value is -2.24. The van der Waals surface area contributed by atoms with Gasteiger partial charge in [-0.05, 0) is 42.0 Å². The van der Waals surface area contributed by atoms with Crippen molar-refractivity contribution in [1.82, 2.24) is 15.3 Å². The largest absolute Gasteiger partial charge is 0.371 e. The number of hydrogen-bond donors (Lipinski definition) is 2. The summed E-state index contributed by atoms with van der Waals surface area (Å²) in [6, 6.07) is 12.5. The van der Waals surface area contributed by atoms with Gasteiger partial charge in [-0.15, -0.1) is 0 Å². The molecule has 4 rings (SSSR count). The van der Waals surface area contributed by atoms with Crippen LogP contribution in [0.5, 0.6) is 0 Å². The van der Waals surface area contributed by atoms with Crippen LogP contribution in [0.4, 0.5) is 4.39 Å². The molecule has 5 heteroatoms. The summed E-state index contributed by atoms with van der Waals surface area (Å²) in [5, 5.41) is 3.33. The van der Waals surface area contributed by atoms with Crippen LogP contribution < -0.4 is 5.32 Å². The third-order valence-electron chi connectivity index (χ3n) is 3.92. The van der Waals surface area contributed by atoms with Crippen LogP contribution in [0, 0.1) is 5.82 Å². The molecule has 3 aromatic rings. The minimum atomic E-state index is -0.246. The first-order valence-corrected chi connectivity index (χ1v) is 7.37. The number of aromatic amines is 1. The number of imidazole rings is 1. The van der Waals surface area contributed by atoms with E-state index in [9.17, 15) is 4.39 Å². The van der Waals surface area contributed by atoms with Gasteiger partial charge < -0.3 is 15.0 Å². The second-order valence-corrected chi connectivity index (χ2v) is 5.43. The Morgan fingerprint density at radius 3 is 2.77 bits per heavy atom. The minimum absolute atomic E-state index is 0.0733. The van der Waals surface area contributed by atoms with Crippen LogP contribution in [0.25, 0.3) is 22.4 Å². The highest BCUT2D eigenvalue weighted by Crippen LogP contribution is 2.25. The van der Waals surface area contributed by atoms with Crippen LogP contribution in [0.2, 0.25) is 0 Å². The number of H-pyrrole nitrogens is 1. The highest BCUT2D eigenvalue weighted by Gasteiger charge is 2.16. The van der Waals surface area contributed by atoms with Gasteiger partial charge >= 0.3 is 0 Å². The van der Waals surface area contributed by atoms with Gasteiger partial charge in [0.25, 0.3) is 0 Å². The molecule has 0 amide bonds. The number of nitrogens with zero attached hydrogens (tertiary/aromatic N) is 1. The Kier molecular flexibility index (Phi) is 3.36. The number of fused-ring (bicyclic) bond motifs is 1. The van der Waals surface area contributed by atoms with Gasteiger partial charge in [-0.2, -0.15) is 0 Å². The molecule has 0 radical (unpaired) electrons. The topological polar surface area (TPSA) is 49.9 Å². The maximum absolute atomic E-state index is 13.0. The van der Waals surface area contributed by atoms with Crippen molar-refractivity contribution in [3.8, 4) is 11.4 Å². The van der Waals surface area contributed by atoms with Crippen LogP contribution in [-0.4, -0.2) is 29.7 Å². The van der Waals surface area contributed by atoms with Crippen molar-refractivity contribution < 1.29 is 9.13 Å². The van der Waals surface area contributed by atoms with Gasteiger partial charge in [0.2, 0.25) is 0 Å². The Balaban J connectivity index is 1.69. The molecule has 4 nitrogen and oxygen atoms in total. The molecule has 1 saturated heterocycles. The van der Waals surface area contributed by atoms with Crippen LogP contribution in [0.15, 0.2) is 42.5 Å². The van der Waals surface area contributed by atoms with Crippen molar-refractivity contribution in [1.29, 1.82) is 0 Å².